The molecule has 1 heterocycles. The average Bonchev–Trinajstić information content (AvgIpc) is 2.84. The normalized spacial score (nSPS) is 15.2. The van der Waals surface area contributed by atoms with Gasteiger partial charge in [0.1, 0.15) is 5.75 Å². The van der Waals surface area contributed by atoms with E-state index < -0.39 is 0 Å². The lowest BCUT2D eigenvalue weighted by Crippen LogP contribution is -2.44. The Labute approximate surface area is 183 Å². The molecule has 1 atom stereocenters. The third kappa shape index (κ3) is 5.94. The summed E-state index contributed by atoms with van der Waals surface area (Å²) in [4.78, 5) is 15.1. The Morgan fingerprint density at radius 1 is 0.903 bits per heavy atom. The predicted octanol–water partition coefficient (Wildman–Crippen LogP) is 3.92. The minimum atomic E-state index is -0.134. The van der Waals surface area contributed by atoms with Crippen molar-refractivity contribution in [3.63, 3.8) is 0 Å². The Balaban J connectivity index is 1.41. The second-order valence-corrected chi connectivity index (χ2v) is 7.59. The first kappa shape index (κ1) is 21.1. The molecule has 1 unspecified atom stereocenters. The van der Waals surface area contributed by atoms with Gasteiger partial charge in [-0.2, -0.15) is 0 Å². The number of ether oxygens (including phenoxy) is 2. The highest BCUT2D eigenvalue weighted by molar-refractivity contribution is 5.79. The fraction of sp³-hybridized carbons (Fsp3) is 0.269. The van der Waals surface area contributed by atoms with Crippen molar-refractivity contribution in [2.45, 2.75) is 6.04 Å². The molecule has 1 aliphatic heterocycles. The van der Waals surface area contributed by atoms with Crippen LogP contribution in [0.4, 0.5) is 0 Å². The lowest BCUT2D eigenvalue weighted by molar-refractivity contribution is -0.124. The second kappa shape index (κ2) is 10.8. The van der Waals surface area contributed by atoms with Gasteiger partial charge in [0.2, 0.25) is 0 Å². The van der Waals surface area contributed by atoms with Gasteiger partial charge >= 0.3 is 0 Å². The third-order valence-electron chi connectivity index (χ3n) is 5.41. The van der Waals surface area contributed by atoms with Crippen LogP contribution in [0, 0.1) is 0 Å². The number of carbonyl (C=O) groups excluding carboxylic acids is 1. The molecule has 0 radical (unpaired) electrons. The zero-order valence-corrected chi connectivity index (χ0v) is 17.6. The van der Waals surface area contributed by atoms with E-state index in [9.17, 15) is 4.79 Å². The first-order valence-corrected chi connectivity index (χ1v) is 10.7. The van der Waals surface area contributed by atoms with Crippen molar-refractivity contribution in [3.8, 4) is 16.9 Å². The van der Waals surface area contributed by atoms with Gasteiger partial charge in [0.05, 0.1) is 19.3 Å². The summed E-state index contributed by atoms with van der Waals surface area (Å²) in [5, 5.41) is 3.16. The lowest BCUT2D eigenvalue weighted by Gasteiger charge is -2.31. The van der Waals surface area contributed by atoms with Crippen LogP contribution < -0.4 is 10.1 Å². The van der Waals surface area contributed by atoms with E-state index in [1.165, 1.54) is 0 Å². The molecule has 0 aliphatic carbocycles. The summed E-state index contributed by atoms with van der Waals surface area (Å²) in [6.45, 7) is 3.93. The second-order valence-electron chi connectivity index (χ2n) is 7.59. The van der Waals surface area contributed by atoms with Gasteiger partial charge in [-0.1, -0.05) is 78.9 Å². The summed E-state index contributed by atoms with van der Waals surface area (Å²) in [6.07, 6.45) is 0. The Morgan fingerprint density at radius 3 is 2.29 bits per heavy atom. The number of para-hydroxylation sites is 1. The fourth-order valence-electron chi connectivity index (χ4n) is 3.79. The highest BCUT2D eigenvalue weighted by Crippen LogP contribution is 2.29. The van der Waals surface area contributed by atoms with Gasteiger partial charge in [-0.3, -0.25) is 9.69 Å². The van der Waals surface area contributed by atoms with Crippen molar-refractivity contribution in [1.82, 2.24) is 10.2 Å². The molecule has 1 fully saturated rings. The number of carbonyl (C=O) groups is 1. The van der Waals surface area contributed by atoms with Crippen LogP contribution >= 0.6 is 0 Å². The number of amides is 1. The van der Waals surface area contributed by atoms with Crippen LogP contribution in [0.25, 0.3) is 11.1 Å². The Hall–Kier alpha value is -3.15. The maximum atomic E-state index is 12.8. The van der Waals surface area contributed by atoms with Crippen molar-refractivity contribution in [2.75, 3.05) is 39.5 Å². The molecule has 0 aromatic heterocycles. The van der Waals surface area contributed by atoms with Crippen LogP contribution in [-0.4, -0.2) is 50.3 Å². The Morgan fingerprint density at radius 2 is 1.55 bits per heavy atom. The lowest BCUT2D eigenvalue weighted by atomic mass is 10.0. The smallest absolute Gasteiger partial charge is 0.258 e. The molecule has 1 saturated heterocycles. The molecule has 0 spiro atoms. The van der Waals surface area contributed by atoms with Crippen molar-refractivity contribution < 1.29 is 14.3 Å². The summed E-state index contributed by atoms with van der Waals surface area (Å²) in [5.41, 5.74) is 3.13. The van der Waals surface area contributed by atoms with Gasteiger partial charge in [-0.05, 0) is 17.2 Å². The van der Waals surface area contributed by atoms with Crippen molar-refractivity contribution in [2.24, 2.45) is 0 Å². The van der Waals surface area contributed by atoms with Crippen molar-refractivity contribution >= 4 is 5.91 Å². The average molecular weight is 417 g/mol. The Kier molecular flexibility index (Phi) is 7.32. The van der Waals surface area contributed by atoms with E-state index in [1.807, 2.05) is 72.8 Å². The molecule has 31 heavy (non-hydrogen) atoms. The molecule has 1 N–H and O–H groups in total. The maximum Gasteiger partial charge on any atom is 0.258 e. The zero-order chi connectivity index (χ0) is 21.3. The number of nitrogens with one attached hydrogen (secondary N) is 1. The van der Waals surface area contributed by atoms with Crippen LogP contribution in [0.3, 0.4) is 0 Å². The topological polar surface area (TPSA) is 50.8 Å². The summed E-state index contributed by atoms with van der Waals surface area (Å²) in [6, 6.07) is 27.9. The number of benzene rings is 3. The van der Waals surface area contributed by atoms with E-state index in [-0.39, 0.29) is 18.6 Å². The molecule has 0 bridgehead atoms. The predicted molar refractivity (Wildman–Crippen MR) is 122 cm³/mol. The van der Waals surface area contributed by atoms with Crippen LogP contribution in [0.5, 0.6) is 5.75 Å². The van der Waals surface area contributed by atoms with Crippen LogP contribution in [-0.2, 0) is 9.53 Å². The summed E-state index contributed by atoms with van der Waals surface area (Å²) in [5.74, 6) is 0.568. The molecule has 1 amide bonds. The van der Waals surface area contributed by atoms with Gasteiger partial charge < -0.3 is 14.8 Å². The van der Waals surface area contributed by atoms with E-state index >= 15 is 0 Å². The SMILES string of the molecule is O=C(COc1ccccc1-c1ccccc1)NC(CN1CCOCC1)c1ccccc1. The quantitative estimate of drug-likeness (QED) is 0.605. The highest BCUT2D eigenvalue weighted by atomic mass is 16.5. The molecule has 4 rings (SSSR count). The first-order valence-electron chi connectivity index (χ1n) is 10.7. The maximum absolute atomic E-state index is 12.8. The van der Waals surface area contributed by atoms with Gasteiger partial charge in [0.25, 0.3) is 5.91 Å². The number of rotatable bonds is 8. The highest BCUT2D eigenvalue weighted by Gasteiger charge is 2.20. The largest absolute Gasteiger partial charge is 0.483 e. The summed E-state index contributed by atoms with van der Waals surface area (Å²) >= 11 is 0. The van der Waals surface area contributed by atoms with E-state index in [0.717, 1.165) is 49.5 Å². The number of morpholine rings is 1. The van der Waals surface area contributed by atoms with Gasteiger partial charge in [0.15, 0.2) is 6.61 Å². The van der Waals surface area contributed by atoms with Gasteiger partial charge in [-0.15, -0.1) is 0 Å². The van der Waals surface area contributed by atoms with E-state index in [1.54, 1.807) is 0 Å². The molecule has 3 aromatic carbocycles. The summed E-state index contributed by atoms with van der Waals surface area (Å²) in [7, 11) is 0. The minimum absolute atomic E-state index is 0.0315. The van der Waals surface area contributed by atoms with E-state index in [0.29, 0.717) is 5.75 Å². The number of nitrogens with zero attached hydrogens (tertiary/aromatic N) is 1. The van der Waals surface area contributed by atoms with Crippen LogP contribution in [0.15, 0.2) is 84.9 Å². The number of hydrogen-bond acceptors (Lipinski definition) is 4. The van der Waals surface area contributed by atoms with E-state index in [2.05, 4.69) is 22.3 Å². The van der Waals surface area contributed by atoms with Crippen LogP contribution in [0.1, 0.15) is 11.6 Å². The molecule has 1 aliphatic rings. The molecule has 0 saturated carbocycles. The van der Waals surface area contributed by atoms with Gasteiger partial charge in [-0.25, -0.2) is 0 Å². The summed E-state index contributed by atoms with van der Waals surface area (Å²) < 4.78 is 11.4. The standard InChI is InChI=1S/C26H28N2O3/c29-26(20-31-25-14-8-7-13-23(25)21-9-3-1-4-10-21)27-24(22-11-5-2-6-12-22)19-28-15-17-30-18-16-28/h1-14,24H,15-20H2,(H,27,29). The van der Waals surface area contributed by atoms with Crippen LogP contribution in [0.2, 0.25) is 0 Å². The zero-order valence-electron chi connectivity index (χ0n) is 17.6. The Bertz CT molecular complexity index is 957. The fourth-order valence-corrected chi connectivity index (χ4v) is 3.79. The molecule has 160 valence electrons. The van der Waals surface area contributed by atoms with Gasteiger partial charge in [0, 0.05) is 25.2 Å². The number of hydrogen-bond donors (Lipinski definition) is 1. The monoisotopic (exact) mass is 416 g/mol. The first-order chi connectivity index (χ1) is 15.3. The molecular formula is C26H28N2O3. The molecule has 3 aromatic rings. The van der Waals surface area contributed by atoms with E-state index in [4.69, 9.17) is 9.47 Å². The molecule has 5 nitrogen and oxygen atoms in total. The van der Waals surface area contributed by atoms with Crippen molar-refractivity contribution in [3.05, 3.63) is 90.5 Å². The van der Waals surface area contributed by atoms with Crippen molar-refractivity contribution in [1.29, 1.82) is 0 Å². The third-order valence-corrected chi connectivity index (χ3v) is 5.41. The molecule has 5 heteroatoms. The molecular weight excluding hydrogens is 388 g/mol. The minimum Gasteiger partial charge on any atom is -0.483 e.